The van der Waals surface area contributed by atoms with Crippen LogP contribution in [0.3, 0.4) is 0 Å². The molecule has 0 radical (unpaired) electrons. The van der Waals surface area contributed by atoms with E-state index in [2.05, 4.69) is 19.5 Å². The lowest BCUT2D eigenvalue weighted by Gasteiger charge is -2.08. The summed E-state index contributed by atoms with van der Waals surface area (Å²) < 4.78 is 86.5. The maximum Gasteiger partial charge on any atom is 0.586 e. The molecule has 0 aliphatic carbocycles. The van der Waals surface area contributed by atoms with Gasteiger partial charge in [-0.15, -0.1) is 8.78 Å². The molecule has 0 saturated heterocycles. The van der Waals surface area contributed by atoms with Crippen molar-refractivity contribution in [2.45, 2.75) is 17.6 Å². The molecular weight excluding hydrogens is 408 g/mol. The highest BCUT2D eigenvalue weighted by molar-refractivity contribution is 7.89. The van der Waals surface area contributed by atoms with Crippen LogP contribution in [0.15, 0.2) is 41.3 Å². The number of alkyl halides is 2. The normalized spacial score (nSPS) is 14.7. The van der Waals surface area contributed by atoms with Gasteiger partial charge in [-0.05, 0) is 30.3 Å². The Bertz CT molecular complexity index is 1030. The quantitative estimate of drug-likeness (QED) is 0.701. The average Bonchev–Trinajstić information content (AvgIpc) is 2.90. The van der Waals surface area contributed by atoms with Gasteiger partial charge in [0.1, 0.15) is 0 Å². The number of nitrogens with one attached hydrogen (secondary N) is 2. The van der Waals surface area contributed by atoms with E-state index in [9.17, 15) is 30.8 Å². The van der Waals surface area contributed by atoms with Crippen LogP contribution in [0, 0.1) is 11.6 Å². The van der Waals surface area contributed by atoms with Gasteiger partial charge in [0, 0.05) is 24.7 Å². The molecule has 0 saturated carbocycles. The van der Waals surface area contributed by atoms with Crippen molar-refractivity contribution in [1.82, 2.24) is 4.72 Å². The number of ether oxygens (including phenoxy) is 2. The molecule has 0 bridgehead atoms. The van der Waals surface area contributed by atoms with Crippen LogP contribution in [-0.2, 0) is 14.8 Å². The van der Waals surface area contributed by atoms with Crippen LogP contribution in [0.5, 0.6) is 11.5 Å². The Labute approximate surface area is 156 Å². The molecule has 7 nitrogen and oxygen atoms in total. The molecule has 2 N–H and O–H groups in total. The van der Waals surface area contributed by atoms with Crippen LogP contribution in [0.4, 0.5) is 23.2 Å². The van der Waals surface area contributed by atoms with E-state index in [-0.39, 0.29) is 30.2 Å². The van der Waals surface area contributed by atoms with E-state index in [1.54, 1.807) is 0 Å². The molecule has 0 aromatic heterocycles. The van der Waals surface area contributed by atoms with Gasteiger partial charge >= 0.3 is 6.29 Å². The summed E-state index contributed by atoms with van der Waals surface area (Å²) in [6, 6.07) is 5.66. The summed E-state index contributed by atoms with van der Waals surface area (Å²) in [6.45, 7) is -0.338. The predicted molar refractivity (Wildman–Crippen MR) is 87.4 cm³/mol. The van der Waals surface area contributed by atoms with Gasteiger partial charge in [0.25, 0.3) is 0 Å². The third-order valence-corrected chi connectivity index (χ3v) is 4.99. The number of hydrogen-bond donors (Lipinski definition) is 2. The molecular formula is C16H12F4N2O5S. The average molecular weight is 420 g/mol. The number of halogens is 4. The highest BCUT2D eigenvalue weighted by Gasteiger charge is 2.43. The fourth-order valence-electron chi connectivity index (χ4n) is 2.28. The standard InChI is InChI=1S/C16H12F4N2O5S/c17-11-3-2-10(8-12(11)18)28(24,25)21-6-5-15(23)22-9-1-4-13-14(7-9)27-16(19,20)26-13/h1-4,7-8,21H,5-6H2,(H,22,23). The lowest BCUT2D eigenvalue weighted by molar-refractivity contribution is -0.286. The molecule has 2 aromatic carbocycles. The molecule has 0 fully saturated rings. The van der Waals surface area contributed by atoms with Gasteiger partial charge in [-0.2, -0.15) is 0 Å². The van der Waals surface area contributed by atoms with E-state index < -0.39 is 38.8 Å². The van der Waals surface area contributed by atoms with Gasteiger partial charge in [0.2, 0.25) is 15.9 Å². The second kappa shape index (κ2) is 7.28. The lowest BCUT2D eigenvalue weighted by atomic mass is 10.2. The molecule has 150 valence electrons. The summed E-state index contributed by atoms with van der Waals surface area (Å²) in [6.07, 6.45) is -4.10. The van der Waals surface area contributed by atoms with Gasteiger partial charge in [0.15, 0.2) is 23.1 Å². The topological polar surface area (TPSA) is 93.7 Å². The van der Waals surface area contributed by atoms with Crippen LogP contribution in [-0.4, -0.2) is 27.2 Å². The fourth-order valence-corrected chi connectivity index (χ4v) is 3.32. The van der Waals surface area contributed by atoms with Gasteiger partial charge in [-0.25, -0.2) is 21.9 Å². The van der Waals surface area contributed by atoms with Crippen molar-refractivity contribution in [3.63, 3.8) is 0 Å². The molecule has 1 amide bonds. The van der Waals surface area contributed by atoms with Crippen LogP contribution in [0.25, 0.3) is 0 Å². The Hall–Kier alpha value is -2.86. The third-order valence-electron chi connectivity index (χ3n) is 3.53. The number of hydrogen-bond acceptors (Lipinski definition) is 5. The number of fused-ring (bicyclic) bond motifs is 1. The molecule has 1 aliphatic heterocycles. The number of benzene rings is 2. The first-order valence-electron chi connectivity index (χ1n) is 7.70. The van der Waals surface area contributed by atoms with Gasteiger partial charge in [-0.3, -0.25) is 4.79 Å². The van der Waals surface area contributed by atoms with Crippen molar-refractivity contribution >= 4 is 21.6 Å². The minimum absolute atomic E-state index is 0.133. The summed E-state index contributed by atoms with van der Waals surface area (Å²) >= 11 is 0. The van der Waals surface area contributed by atoms with Crippen LogP contribution >= 0.6 is 0 Å². The van der Waals surface area contributed by atoms with E-state index in [0.29, 0.717) is 12.1 Å². The van der Waals surface area contributed by atoms with Crippen molar-refractivity contribution in [3.05, 3.63) is 48.0 Å². The SMILES string of the molecule is O=C(CCNS(=O)(=O)c1ccc(F)c(F)c1)Nc1ccc2c(c1)OC(F)(F)O2. The van der Waals surface area contributed by atoms with E-state index in [1.807, 2.05) is 0 Å². The zero-order chi connectivity index (χ0) is 20.5. The summed E-state index contributed by atoms with van der Waals surface area (Å²) in [7, 11) is -4.15. The monoisotopic (exact) mass is 420 g/mol. The van der Waals surface area contributed by atoms with Crippen molar-refractivity contribution in [2.24, 2.45) is 0 Å². The van der Waals surface area contributed by atoms with Crippen LogP contribution in [0.2, 0.25) is 0 Å². The van der Waals surface area contributed by atoms with Crippen LogP contribution < -0.4 is 19.5 Å². The minimum Gasteiger partial charge on any atom is -0.395 e. The summed E-state index contributed by atoms with van der Waals surface area (Å²) in [4.78, 5) is 11.4. The Morgan fingerprint density at radius 3 is 2.43 bits per heavy atom. The molecule has 0 atom stereocenters. The van der Waals surface area contributed by atoms with E-state index in [0.717, 1.165) is 12.1 Å². The largest absolute Gasteiger partial charge is 0.586 e. The summed E-state index contributed by atoms with van der Waals surface area (Å²) in [5.74, 6) is -3.60. The van der Waals surface area contributed by atoms with Crippen molar-refractivity contribution in [2.75, 3.05) is 11.9 Å². The van der Waals surface area contributed by atoms with Crippen molar-refractivity contribution < 1.29 is 40.2 Å². The fraction of sp³-hybridized carbons (Fsp3) is 0.188. The minimum atomic E-state index is -4.15. The summed E-state index contributed by atoms with van der Waals surface area (Å²) in [5.41, 5.74) is 0.133. The Morgan fingerprint density at radius 1 is 1.00 bits per heavy atom. The third kappa shape index (κ3) is 4.51. The Balaban J connectivity index is 1.54. The first-order valence-corrected chi connectivity index (χ1v) is 9.18. The zero-order valence-corrected chi connectivity index (χ0v) is 14.7. The molecule has 0 unspecified atom stereocenters. The molecule has 1 heterocycles. The van der Waals surface area contributed by atoms with Crippen LogP contribution in [0.1, 0.15) is 6.42 Å². The molecule has 0 spiro atoms. The van der Waals surface area contributed by atoms with E-state index >= 15 is 0 Å². The van der Waals surface area contributed by atoms with Crippen molar-refractivity contribution in [1.29, 1.82) is 0 Å². The van der Waals surface area contributed by atoms with E-state index in [1.165, 1.54) is 12.1 Å². The second-order valence-corrected chi connectivity index (χ2v) is 7.37. The number of rotatable bonds is 6. The Morgan fingerprint density at radius 2 is 1.71 bits per heavy atom. The maximum atomic E-state index is 13.1. The molecule has 12 heteroatoms. The number of carbonyl (C=O) groups is 1. The highest BCUT2D eigenvalue weighted by atomic mass is 32.2. The number of amides is 1. The lowest BCUT2D eigenvalue weighted by Crippen LogP contribution is -2.28. The number of anilines is 1. The second-order valence-electron chi connectivity index (χ2n) is 5.60. The number of sulfonamides is 1. The molecule has 3 rings (SSSR count). The number of carbonyl (C=O) groups excluding carboxylic acids is 1. The van der Waals surface area contributed by atoms with E-state index in [4.69, 9.17) is 0 Å². The maximum absolute atomic E-state index is 13.1. The smallest absolute Gasteiger partial charge is 0.395 e. The van der Waals surface area contributed by atoms with Crippen molar-refractivity contribution in [3.8, 4) is 11.5 Å². The highest BCUT2D eigenvalue weighted by Crippen LogP contribution is 2.42. The van der Waals surface area contributed by atoms with Gasteiger partial charge in [-0.1, -0.05) is 0 Å². The Kier molecular flexibility index (Phi) is 5.17. The molecule has 1 aliphatic rings. The molecule has 28 heavy (non-hydrogen) atoms. The molecule has 2 aromatic rings. The van der Waals surface area contributed by atoms with Gasteiger partial charge in [0.05, 0.1) is 4.90 Å². The summed E-state index contributed by atoms with van der Waals surface area (Å²) in [5, 5.41) is 2.38. The predicted octanol–water partition coefficient (Wildman–Crippen LogP) is 2.59. The zero-order valence-electron chi connectivity index (χ0n) is 13.8. The first kappa shape index (κ1) is 19.9. The first-order chi connectivity index (χ1) is 13.1. The van der Waals surface area contributed by atoms with Gasteiger partial charge < -0.3 is 14.8 Å².